The molecule has 0 spiro atoms. The van der Waals surface area contributed by atoms with Crippen LogP contribution in [0.5, 0.6) is 5.75 Å². The number of carbonyl (C=O) groups is 1. The molecule has 0 saturated heterocycles. The number of amides is 1. The van der Waals surface area contributed by atoms with Crippen LogP contribution < -0.4 is 4.74 Å². The number of hydrogen-bond donors (Lipinski definition) is 1. The van der Waals surface area contributed by atoms with E-state index in [1.165, 1.54) is 4.90 Å². The monoisotopic (exact) mass is 265 g/mol. The number of hydrogen-bond acceptors (Lipinski definition) is 3. The molecule has 1 aromatic rings. The van der Waals surface area contributed by atoms with Gasteiger partial charge in [0.05, 0.1) is 12.1 Å². The lowest BCUT2D eigenvalue weighted by atomic mass is 10.1. The number of aryl methyl sites for hydroxylation is 2. The van der Waals surface area contributed by atoms with Crippen molar-refractivity contribution in [2.24, 2.45) is 0 Å². The van der Waals surface area contributed by atoms with Crippen LogP contribution in [0.2, 0.25) is 0 Å². The van der Waals surface area contributed by atoms with E-state index < -0.39 is 5.54 Å². The molecule has 0 fully saturated rings. The summed E-state index contributed by atoms with van der Waals surface area (Å²) in [6.07, 6.45) is 0. The van der Waals surface area contributed by atoms with Crippen LogP contribution in [0, 0.1) is 13.8 Å². The van der Waals surface area contributed by atoms with Crippen molar-refractivity contribution in [3.63, 3.8) is 0 Å². The van der Waals surface area contributed by atoms with Gasteiger partial charge in [-0.15, -0.1) is 0 Å². The lowest BCUT2D eigenvalue weighted by Gasteiger charge is -2.33. The Bertz CT molecular complexity index is 434. The number of benzene rings is 1. The van der Waals surface area contributed by atoms with Crippen molar-refractivity contribution in [3.05, 3.63) is 29.3 Å². The van der Waals surface area contributed by atoms with E-state index in [9.17, 15) is 9.90 Å². The van der Waals surface area contributed by atoms with Gasteiger partial charge in [-0.2, -0.15) is 0 Å². The SMILES string of the molecule is Cc1cc(C)cc(OCC(=O)N(C)C(C)(C)CO)c1. The summed E-state index contributed by atoms with van der Waals surface area (Å²) in [5.74, 6) is 0.541. The Morgan fingerprint density at radius 3 is 2.26 bits per heavy atom. The molecule has 1 amide bonds. The molecule has 1 N–H and O–H groups in total. The molecule has 0 unspecified atom stereocenters. The smallest absolute Gasteiger partial charge is 0.260 e. The molecule has 19 heavy (non-hydrogen) atoms. The number of nitrogens with zero attached hydrogens (tertiary/aromatic N) is 1. The zero-order valence-corrected chi connectivity index (χ0v) is 12.4. The molecule has 106 valence electrons. The minimum Gasteiger partial charge on any atom is -0.484 e. The number of aliphatic hydroxyl groups excluding tert-OH is 1. The van der Waals surface area contributed by atoms with E-state index in [4.69, 9.17) is 4.74 Å². The van der Waals surface area contributed by atoms with E-state index in [0.717, 1.165) is 11.1 Å². The molecule has 0 radical (unpaired) electrons. The molecule has 0 bridgehead atoms. The largest absolute Gasteiger partial charge is 0.484 e. The van der Waals surface area contributed by atoms with Crippen LogP contribution in [-0.2, 0) is 4.79 Å². The highest BCUT2D eigenvalue weighted by Crippen LogP contribution is 2.17. The predicted octanol–water partition coefficient (Wildman–Crippen LogP) is 1.91. The first-order valence-corrected chi connectivity index (χ1v) is 6.35. The fraction of sp³-hybridized carbons (Fsp3) is 0.533. The first-order chi connectivity index (χ1) is 8.76. The Balaban J connectivity index is 2.64. The highest BCUT2D eigenvalue weighted by molar-refractivity contribution is 5.78. The van der Waals surface area contributed by atoms with Crippen LogP contribution in [0.25, 0.3) is 0 Å². The average Bonchev–Trinajstić information content (AvgIpc) is 2.33. The third-order valence-electron chi connectivity index (χ3n) is 3.23. The number of rotatable bonds is 5. The minimum atomic E-state index is -0.580. The maximum absolute atomic E-state index is 12.0. The summed E-state index contributed by atoms with van der Waals surface area (Å²) in [7, 11) is 1.67. The molecule has 4 nitrogen and oxygen atoms in total. The summed E-state index contributed by atoms with van der Waals surface area (Å²) in [6.45, 7) is 7.48. The molecule has 0 aromatic heterocycles. The Labute approximate surface area is 115 Å². The van der Waals surface area contributed by atoms with Gasteiger partial charge in [-0.05, 0) is 51.0 Å². The van der Waals surface area contributed by atoms with Crippen molar-refractivity contribution in [3.8, 4) is 5.75 Å². The fourth-order valence-corrected chi connectivity index (χ4v) is 1.70. The highest BCUT2D eigenvalue weighted by Gasteiger charge is 2.26. The lowest BCUT2D eigenvalue weighted by molar-refractivity contribution is -0.138. The molecule has 0 aliphatic rings. The van der Waals surface area contributed by atoms with Crippen molar-refractivity contribution in [2.45, 2.75) is 33.2 Å². The van der Waals surface area contributed by atoms with Crippen LogP contribution >= 0.6 is 0 Å². The van der Waals surface area contributed by atoms with Crippen LogP contribution in [0.3, 0.4) is 0 Å². The molecule has 0 atom stereocenters. The first-order valence-electron chi connectivity index (χ1n) is 6.35. The van der Waals surface area contributed by atoms with Gasteiger partial charge in [-0.1, -0.05) is 6.07 Å². The summed E-state index contributed by atoms with van der Waals surface area (Å²) < 4.78 is 5.52. The van der Waals surface area contributed by atoms with E-state index >= 15 is 0 Å². The van der Waals surface area contributed by atoms with Gasteiger partial charge in [0.15, 0.2) is 6.61 Å². The van der Waals surface area contributed by atoms with Crippen molar-refractivity contribution >= 4 is 5.91 Å². The van der Waals surface area contributed by atoms with Crippen LogP contribution in [0.15, 0.2) is 18.2 Å². The van der Waals surface area contributed by atoms with E-state index in [-0.39, 0.29) is 19.1 Å². The second-order valence-electron chi connectivity index (χ2n) is 5.54. The number of carbonyl (C=O) groups excluding carboxylic acids is 1. The first kappa shape index (κ1) is 15.5. The van der Waals surface area contributed by atoms with E-state index in [1.54, 1.807) is 7.05 Å². The second kappa shape index (κ2) is 6.06. The van der Waals surface area contributed by atoms with Crippen molar-refractivity contribution in [1.29, 1.82) is 0 Å². The van der Waals surface area contributed by atoms with Gasteiger partial charge < -0.3 is 14.7 Å². The summed E-state index contributed by atoms with van der Waals surface area (Å²) >= 11 is 0. The van der Waals surface area contributed by atoms with Crippen molar-refractivity contribution in [1.82, 2.24) is 4.90 Å². The van der Waals surface area contributed by atoms with Gasteiger partial charge in [0.1, 0.15) is 5.75 Å². The normalized spacial score (nSPS) is 11.3. The molecule has 1 aromatic carbocycles. The molecule has 0 aliphatic carbocycles. The Morgan fingerprint density at radius 1 is 1.26 bits per heavy atom. The molecule has 0 saturated carbocycles. The topological polar surface area (TPSA) is 49.8 Å². The van der Waals surface area contributed by atoms with Crippen molar-refractivity contribution < 1.29 is 14.6 Å². The second-order valence-corrected chi connectivity index (χ2v) is 5.54. The fourth-order valence-electron chi connectivity index (χ4n) is 1.70. The van der Waals surface area contributed by atoms with E-state index in [0.29, 0.717) is 5.75 Å². The van der Waals surface area contributed by atoms with Crippen LogP contribution in [-0.4, -0.2) is 41.7 Å². The maximum atomic E-state index is 12.0. The molecule has 0 heterocycles. The number of aliphatic hydroxyl groups is 1. The van der Waals surface area contributed by atoms with Gasteiger partial charge in [0.25, 0.3) is 5.91 Å². The summed E-state index contributed by atoms with van der Waals surface area (Å²) in [5, 5.41) is 9.24. The summed E-state index contributed by atoms with van der Waals surface area (Å²) in [5.41, 5.74) is 1.63. The lowest BCUT2D eigenvalue weighted by Crippen LogP contribution is -2.49. The summed E-state index contributed by atoms with van der Waals surface area (Å²) in [4.78, 5) is 13.5. The van der Waals surface area contributed by atoms with E-state index in [1.807, 2.05) is 39.8 Å². The van der Waals surface area contributed by atoms with Crippen molar-refractivity contribution in [2.75, 3.05) is 20.3 Å². The molecular formula is C15H23NO3. The van der Waals surface area contributed by atoms with Gasteiger partial charge in [0.2, 0.25) is 0 Å². The molecule has 0 aliphatic heterocycles. The van der Waals surface area contributed by atoms with Crippen LogP contribution in [0.4, 0.5) is 0 Å². The van der Waals surface area contributed by atoms with E-state index in [2.05, 4.69) is 6.07 Å². The standard InChI is InChI=1S/C15H23NO3/c1-11-6-12(2)8-13(7-11)19-9-14(18)16(5)15(3,4)10-17/h6-8,17H,9-10H2,1-5H3. The number of ether oxygens (including phenoxy) is 1. The third-order valence-corrected chi connectivity index (χ3v) is 3.23. The predicted molar refractivity (Wildman–Crippen MR) is 75.3 cm³/mol. The zero-order chi connectivity index (χ0) is 14.6. The summed E-state index contributed by atoms with van der Waals surface area (Å²) in [6, 6.07) is 5.85. The van der Waals surface area contributed by atoms with Gasteiger partial charge in [-0.3, -0.25) is 4.79 Å². The van der Waals surface area contributed by atoms with Gasteiger partial charge in [0, 0.05) is 7.05 Å². The van der Waals surface area contributed by atoms with Gasteiger partial charge in [-0.25, -0.2) is 0 Å². The highest BCUT2D eigenvalue weighted by atomic mass is 16.5. The molecule has 1 rings (SSSR count). The van der Waals surface area contributed by atoms with Gasteiger partial charge >= 0.3 is 0 Å². The molecular weight excluding hydrogens is 242 g/mol. The Morgan fingerprint density at radius 2 is 1.79 bits per heavy atom. The number of likely N-dealkylation sites (N-methyl/N-ethyl adjacent to an activating group) is 1. The Hall–Kier alpha value is -1.55. The average molecular weight is 265 g/mol. The zero-order valence-electron chi connectivity index (χ0n) is 12.4. The molecule has 4 heteroatoms. The van der Waals surface area contributed by atoms with Crippen LogP contribution in [0.1, 0.15) is 25.0 Å². The Kier molecular flexibility index (Phi) is 4.95. The third kappa shape index (κ3) is 4.24. The quantitative estimate of drug-likeness (QED) is 0.884. The minimum absolute atomic E-state index is 0.0250. The maximum Gasteiger partial charge on any atom is 0.260 e.